The van der Waals surface area contributed by atoms with Gasteiger partial charge in [-0.1, -0.05) is 13.8 Å². The van der Waals surface area contributed by atoms with E-state index in [0.29, 0.717) is 17.4 Å². The van der Waals surface area contributed by atoms with E-state index in [4.69, 9.17) is 9.47 Å². The number of methoxy groups -OCH3 is 2. The maximum absolute atomic E-state index is 10.1. The second kappa shape index (κ2) is 8.19. The Morgan fingerprint density at radius 2 is 1.62 bits per heavy atom. The highest BCUT2D eigenvalue weighted by Gasteiger charge is 2.15. The standard InChI is InChI=1S/C18H23N3O3/c1-5-13(14(6-2)21-18-19-8-7-9-20-18)12-10-15(23-3)17(22)16(11-12)24-4/h7-11,22H,5-6H2,1-4H3,(H,19,20,21)/b14-13-. The van der Waals surface area contributed by atoms with Crippen LogP contribution in [-0.2, 0) is 0 Å². The van der Waals surface area contributed by atoms with Gasteiger partial charge in [-0.05, 0) is 42.2 Å². The van der Waals surface area contributed by atoms with E-state index in [0.717, 1.165) is 29.7 Å². The van der Waals surface area contributed by atoms with Crippen LogP contribution in [0.25, 0.3) is 5.57 Å². The first-order valence-electron chi connectivity index (χ1n) is 7.85. The van der Waals surface area contributed by atoms with Crippen LogP contribution >= 0.6 is 0 Å². The molecule has 0 spiro atoms. The van der Waals surface area contributed by atoms with E-state index in [1.165, 1.54) is 14.2 Å². The van der Waals surface area contributed by atoms with Gasteiger partial charge < -0.3 is 19.9 Å². The van der Waals surface area contributed by atoms with Gasteiger partial charge in [-0.25, -0.2) is 9.97 Å². The highest BCUT2D eigenvalue weighted by Crippen LogP contribution is 2.40. The van der Waals surface area contributed by atoms with Crippen molar-refractivity contribution in [1.29, 1.82) is 0 Å². The predicted molar refractivity (Wildman–Crippen MR) is 94.4 cm³/mol. The second-order valence-corrected chi connectivity index (χ2v) is 5.09. The summed E-state index contributed by atoms with van der Waals surface area (Å²) < 4.78 is 10.5. The Morgan fingerprint density at radius 1 is 1.04 bits per heavy atom. The lowest BCUT2D eigenvalue weighted by molar-refractivity contribution is 0.339. The minimum atomic E-state index is -0.00314. The van der Waals surface area contributed by atoms with Crippen LogP contribution in [0.15, 0.2) is 36.3 Å². The molecule has 1 aromatic carbocycles. The van der Waals surface area contributed by atoms with Gasteiger partial charge in [0.05, 0.1) is 14.2 Å². The molecule has 0 radical (unpaired) electrons. The highest BCUT2D eigenvalue weighted by atomic mass is 16.5. The molecule has 6 heteroatoms. The quantitative estimate of drug-likeness (QED) is 0.803. The molecule has 6 nitrogen and oxygen atoms in total. The van der Waals surface area contributed by atoms with Crippen LogP contribution in [-0.4, -0.2) is 29.3 Å². The third-order valence-corrected chi connectivity index (χ3v) is 3.73. The van der Waals surface area contributed by atoms with Crippen LogP contribution < -0.4 is 14.8 Å². The van der Waals surface area contributed by atoms with Crippen molar-refractivity contribution in [3.8, 4) is 17.2 Å². The summed E-state index contributed by atoms with van der Waals surface area (Å²) in [7, 11) is 3.04. The van der Waals surface area contributed by atoms with Crippen molar-refractivity contribution in [2.45, 2.75) is 26.7 Å². The smallest absolute Gasteiger partial charge is 0.226 e. The number of rotatable bonds is 7. The molecule has 1 heterocycles. The number of phenols is 1. The number of hydrogen-bond donors (Lipinski definition) is 2. The molecule has 0 unspecified atom stereocenters. The molecule has 2 N–H and O–H groups in total. The van der Waals surface area contributed by atoms with Crippen molar-refractivity contribution in [1.82, 2.24) is 9.97 Å². The number of phenolic OH excluding ortho intramolecular Hbond substituents is 1. The van der Waals surface area contributed by atoms with Crippen LogP contribution in [0.3, 0.4) is 0 Å². The molecule has 0 aliphatic carbocycles. The Bertz CT molecular complexity index is 690. The van der Waals surface area contributed by atoms with E-state index in [-0.39, 0.29) is 5.75 Å². The summed E-state index contributed by atoms with van der Waals surface area (Å²) >= 11 is 0. The number of benzene rings is 1. The number of aromatic hydroxyl groups is 1. The molecule has 1 aromatic heterocycles. The van der Waals surface area contributed by atoms with Crippen molar-refractivity contribution in [3.63, 3.8) is 0 Å². The number of nitrogens with zero attached hydrogens (tertiary/aromatic N) is 2. The maximum atomic E-state index is 10.1. The summed E-state index contributed by atoms with van der Waals surface area (Å²) in [5.41, 5.74) is 3.02. The lowest BCUT2D eigenvalue weighted by Crippen LogP contribution is -2.06. The van der Waals surface area contributed by atoms with Crippen molar-refractivity contribution >= 4 is 11.5 Å². The van der Waals surface area contributed by atoms with E-state index in [2.05, 4.69) is 29.1 Å². The summed E-state index contributed by atoms with van der Waals surface area (Å²) in [6.45, 7) is 4.14. The largest absolute Gasteiger partial charge is 0.502 e. The number of anilines is 1. The Hall–Kier alpha value is -2.76. The maximum Gasteiger partial charge on any atom is 0.226 e. The third kappa shape index (κ3) is 3.76. The van der Waals surface area contributed by atoms with Crippen molar-refractivity contribution in [2.75, 3.05) is 19.5 Å². The zero-order valence-electron chi connectivity index (χ0n) is 14.5. The number of allylic oxidation sites excluding steroid dienone is 2. The molecule has 0 fully saturated rings. The summed E-state index contributed by atoms with van der Waals surface area (Å²) in [4.78, 5) is 8.43. The van der Waals surface area contributed by atoms with E-state index in [1.807, 2.05) is 0 Å². The Balaban J connectivity index is 2.51. The molecule has 0 amide bonds. The molecule has 0 aliphatic rings. The van der Waals surface area contributed by atoms with Gasteiger partial charge in [-0.3, -0.25) is 0 Å². The van der Waals surface area contributed by atoms with Gasteiger partial charge in [0, 0.05) is 18.1 Å². The average Bonchev–Trinajstić information content (AvgIpc) is 2.63. The van der Waals surface area contributed by atoms with Crippen molar-refractivity contribution < 1.29 is 14.6 Å². The number of hydrogen-bond acceptors (Lipinski definition) is 6. The normalized spacial score (nSPS) is 11.7. The lowest BCUT2D eigenvalue weighted by Gasteiger charge is -2.17. The zero-order chi connectivity index (χ0) is 17.5. The third-order valence-electron chi connectivity index (χ3n) is 3.73. The van der Waals surface area contributed by atoms with Gasteiger partial charge >= 0.3 is 0 Å². The fraction of sp³-hybridized carbons (Fsp3) is 0.333. The summed E-state index contributed by atoms with van der Waals surface area (Å²) in [6, 6.07) is 5.39. The van der Waals surface area contributed by atoms with Crippen LogP contribution in [0.4, 0.5) is 5.95 Å². The summed E-state index contributed by atoms with van der Waals surface area (Å²) in [6.07, 6.45) is 4.97. The molecule has 0 bridgehead atoms. The monoisotopic (exact) mass is 329 g/mol. The number of nitrogens with one attached hydrogen (secondary N) is 1. The van der Waals surface area contributed by atoms with Crippen LogP contribution in [0.1, 0.15) is 32.3 Å². The Morgan fingerprint density at radius 3 is 2.08 bits per heavy atom. The minimum absolute atomic E-state index is 0.00314. The fourth-order valence-corrected chi connectivity index (χ4v) is 2.54. The molecule has 128 valence electrons. The number of aromatic nitrogens is 2. The fourth-order valence-electron chi connectivity index (χ4n) is 2.54. The molecule has 0 atom stereocenters. The van der Waals surface area contributed by atoms with E-state index >= 15 is 0 Å². The van der Waals surface area contributed by atoms with E-state index < -0.39 is 0 Å². The molecule has 24 heavy (non-hydrogen) atoms. The Labute approximate surface area is 142 Å². The van der Waals surface area contributed by atoms with Crippen molar-refractivity contribution in [3.05, 3.63) is 41.9 Å². The molecule has 0 saturated heterocycles. The van der Waals surface area contributed by atoms with Crippen LogP contribution in [0.2, 0.25) is 0 Å². The van der Waals surface area contributed by atoms with Crippen LogP contribution in [0.5, 0.6) is 17.2 Å². The zero-order valence-corrected chi connectivity index (χ0v) is 14.5. The predicted octanol–water partition coefficient (Wildman–Crippen LogP) is 3.84. The van der Waals surface area contributed by atoms with E-state index in [9.17, 15) is 5.11 Å². The molecule has 0 aliphatic heterocycles. The molecule has 0 saturated carbocycles. The minimum Gasteiger partial charge on any atom is -0.502 e. The van der Waals surface area contributed by atoms with Gasteiger partial charge in [0.15, 0.2) is 11.5 Å². The van der Waals surface area contributed by atoms with Crippen LogP contribution in [0, 0.1) is 0 Å². The molecular formula is C18H23N3O3. The first-order chi connectivity index (χ1) is 11.6. The first-order valence-corrected chi connectivity index (χ1v) is 7.85. The van der Waals surface area contributed by atoms with E-state index in [1.54, 1.807) is 30.6 Å². The number of ether oxygens (including phenoxy) is 2. The summed E-state index contributed by atoms with van der Waals surface area (Å²) in [5, 5.41) is 13.4. The van der Waals surface area contributed by atoms with Gasteiger partial charge in [0.1, 0.15) is 0 Å². The molecular weight excluding hydrogens is 306 g/mol. The topological polar surface area (TPSA) is 76.5 Å². The van der Waals surface area contributed by atoms with Gasteiger partial charge in [-0.15, -0.1) is 0 Å². The lowest BCUT2D eigenvalue weighted by atomic mass is 9.99. The average molecular weight is 329 g/mol. The first kappa shape index (κ1) is 17.6. The molecule has 2 aromatic rings. The second-order valence-electron chi connectivity index (χ2n) is 5.09. The van der Waals surface area contributed by atoms with Gasteiger partial charge in [-0.2, -0.15) is 0 Å². The SMILES string of the molecule is CC/C(Nc1ncccn1)=C(\CC)c1cc(OC)c(O)c(OC)c1. The van der Waals surface area contributed by atoms with Crippen molar-refractivity contribution in [2.24, 2.45) is 0 Å². The Kier molecular flexibility index (Phi) is 6.01. The van der Waals surface area contributed by atoms with Gasteiger partial charge in [0.25, 0.3) is 0 Å². The summed E-state index contributed by atoms with van der Waals surface area (Å²) in [5.74, 6) is 1.30. The highest BCUT2D eigenvalue weighted by molar-refractivity contribution is 5.74. The van der Waals surface area contributed by atoms with Gasteiger partial charge in [0.2, 0.25) is 11.7 Å². The molecule has 2 rings (SSSR count).